The number of hydrogen-bond acceptors (Lipinski definition) is 6. The molecule has 26 heavy (non-hydrogen) atoms. The summed E-state index contributed by atoms with van der Waals surface area (Å²) in [5.74, 6) is -0.120. The molecule has 1 aromatic rings. The fraction of sp³-hybridized carbons (Fsp3) is 0.375. The molecule has 0 unspecified atom stereocenters. The molecule has 1 atom stereocenters. The van der Waals surface area contributed by atoms with Crippen molar-refractivity contribution < 1.29 is 28.7 Å². The van der Waals surface area contributed by atoms with Gasteiger partial charge in [-0.2, -0.15) is 0 Å². The van der Waals surface area contributed by atoms with E-state index in [1.54, 1.807) is 25.1 Å². The smallest absolute Gasteiger partial charge is 0.325 e. The van der Waals surface area contributed by atoms with E-state index in [9.17, 15) is 19.2 Å². The summed E-state index contributed by atoms with van der Waals surface area (Å²) < 4.78 is 10.6. The Balaban J connectivity index is 1.70. The molecule has 1 aromatic carbocycles. The van der Waals surface area contributed by atoms with Crippen LogP contribution in [0.3, 0.4) is 0 Å². The van der Waals surface area contributed by atoms with Crippen molar-refractivity contribution in [3.8, 4) is 11.5 Å². The Morgan fingerprint density at radius 2 is 2.00 bits per heavy atom. The summed E-state index contributed by atoms with van der Waals surface area (Å²) in [5.41, 5.74) is -0.444. The van der Waals surface area contributed by atoms with Gasteiger partial charge >= 0.3 is 12.1 Å². The van der Waals surface area contributed by atoms with Crippen molar-refractivity contribution in [3.63, 3.8) is 0 Å². The number of rotatable bonds is 4. The Hall–Kier alpha value is -3.30. The number of fused-ring (bicyclic) bond motifs is 1. The predicted octanol–water partition coefficient (Wildman–Crippen LogP) is -0.276. The summed E-state index contributed by atoms with van der Waals surface area (Å²) in [4.78, 5) is 48.5. The molecule has 0 aliphatic carbocycles. The van der Waals surface area contributed by atoms with Gasteiger partial charge in [0, 0.05) is 13.5 Å². The van der Waals surface area contributed by atoms with E-state index in [-0.39, 0.29) is 13.2 Å². The first-order chi connectivity index (χ1) is 12.3. The van der Waals surface area contributed by atoms with Crippen LogP contribution in [0.5, 0.6) is 11.5 Å². The van der Waals surface area contributed by atoms with Crippen molar-refractivity contribution in [2.45, 2.75) is 18.9 Å². The maximum atomic E-state index is 12.7. The van der Waals surface area contributed by atoms with Crippen LogP contribution in [0.15, 0.2) is 18.2 Å². The molecule has 0 bridgehead atoms. The van der Waals surface area contributed by atoms with E-state index in [2.05, 4.69) is 10.6 Å². The zero-order valence-electron chi connectivity index (χ0n) is 14.3. The van der Waals surface area contributed by atoms with Gasteiger partial charge in [-0.25, -0.2) is 9.59 Å². The Morgan fingerprint density at radius 3 is 2.73 bits per heavy atom. The van der Waals surface area contributed by atoms with Crippen LogP contribution < -0.4 is 25.4 Å². The highest BCUT2D eigenvalue weighted by Crippen LogP contribution is 2.34. The Kier molecular flexibility index (Phi) is 4.41. The van der Waals surface area contributed by atoms with Gasteiger partial charge in [-0.05, 0) is 24.6 Å². The molecular formula is C16H18N4O6. The van der Waals surface area contributed by atoms with Crippen LogP contribution in [-0.4, -0.2) is 54.7 Å². The second kappa shape index (κ2) is 6.54. The van der Waals surface area contributed by atoms with Crippen molar-refractivity contribution in [2.24, 2.45) is 0 Å². The molecule has 2 aliphatic rings. The van der Waals surface area contributed by atoms with Crippen LogP contribution in [0.1, 0.15) is 12.5 Å². The van der Waals surface area contributed by atoms with Crippen LogP contribution >= 0.6 is 0 Å². The van der Waals surface area contributed by atoms with Crippen molar-refractivity contribution in [1.29, 1.82) is 0 Å². The Bertz CT molecular complexity index is 795. The fourth-order valence-corrected chi connectivity index (χ4v) is 2.84. The van der Waals surface area contributed by atoms with Gasteiger partial charge in [-0.3, -0.25) is 19.8 Å². The lowest BCUT2D eigenvalue weighted by molar-refractivity contribution is -0.134. The zero-order valence-corrected chi connectivity index (χ0v) is 14.3. The van der Waals surface area contributed by atoms with E-state index < -0.39 is 36.0 Å². The quantitative estimate of drug-likeness (QED) is 0.633. The van der Waals surface area contributed by atoms with Gasteiger partial charge in [0.1, 0.15) is 12.1 Å². The number of ether oxygens (including phenoxy) is 2. The molecule has 3 rings (SSSR count). The highest BCUT2D eigenvalue weighted by Gasteiger charge is 2.48. The minimum atomic E-state index is -1.21. The lowest BCUT2D eigenvalue weighted by Gasteiger charge is -2.21. The number of nitrogens with one attached hydrogen (secondary N) is 3. The maximum Gasteiger partial charge on any atom is 0.325 e. The van der Waals surface area contributed by atoms with Crippen LogP contribution in [0, 0.1) is 0 Å². The number of imide groups is 2. The number of urea groups is 2. The molecule has 1 saturated heterocycles. The minimum Gasteiger partial charge on any atom is -0.454 e. The van der Waals surface area contributed by atoms with Crippen molar-refractivity contribution in [2.75, 3.05) is 20.4 Å². The first-order valence-corrected chi connectivity index (χ1v) is 7.86. The van der Waals surface area contributed by atoms with Gasteiger partial charge in [-0.1, -0.05) is 6.07 Å². The molecule has 1 fully saturated rings. The SMILES string of the molecule is CNC(=O)NC(=O)CN1C(=O)N[C@@](C)(Cc2ccc3c(c2)OCO3)C1=O. The molecule has 0 radical (unpaired) electrons. The molecule has 0 saturated carbocycles. The molecule has 0 aromatic heterocycles. The first-order valence-electron chi connectivity index (χ1n) is 7.86. The van der Waals surface area contributed by atoms with Crippen molar-refractivity contribution >= 4 is 23.9 Å². The molecule has 3 N–H and O–H groups in total. The molecular weight excluding hydrogens is 344 g/mol. The maximum absolute atomic E-state index is 12.7. The van der Waals surface area contributed by atoms with E-state index in [0.717, 1.165) is 10.5 Å². The largest absolute Gasteiger partial charge is 0.454 e. The predicted molar refractivity (Wildman–Crippen MR) is 87.5 cm³/mol. The highest BCUT2D eigenvalue weighted by molar-refractivity contribution is 6.09. The number of hydrogen-bond donors (Lipinski definition) is 3. The molecule has 10 heteroatoms. The zero-order chi connectivity index (χ0) is 18.9. The molecule has 138 valence electrons. The van der Waals surface area contributed by atoms with Gasteiger partial charge in [0.05, 0.1) is 0 Å². The minimum absolute atomic E-state index is 0.139. The summed E-state index contributed by atoms with van der Waals surface area (Å²) in [6, 6.07) is 3.85. The second-order valence-electron chi connectivity index (χ2n) is 6.15. The lowest BCUT2D eigenvalue weighted by atomic mass is 9.92. The first kappa shape index (κ1) is 17.5. The van der Waals surface area contributed by atoms with E-state index in [4.69, 9.17) is 9.47 Å². The van der Waals surface area contributed by atoms with Gasteiger partial charge in [0.15, 0.2) is 11.5 Å². The van der Waals surface area contributed by atoms with E-state index >= 15 is 0 Å². The molecule has 6 amide bonds. The van der Waals surface area contributed by atoms with Gasteiger partial charge < -0.3 is 20.1 Å². The molecule has 0 spiro atoms. The average Bonchev–Trinajstić information content (AvgIpc) is 3.13. The number of amides is 6. The van der Waals surface area contributed by atoms with Gasteiger partial charge in [-0.15, -0.1) is 0 Å². The molecule has 2 aliphatic heterocycles. The average molecular weight is 362 g/mol. The summed E-state index contributed by atoms with van der Waals surface area (Å²) in [6.07, 6.45) is 0.210. The summed E-state index contributed by atoms with van der Waals surface area (Å²) in [7, 11) is 1.35. The Labute approximate surface area is 148 Å². The van der Waals surface area contributed by atoms with Crippen LogP contribution in [-0.2, 0) is 16.0 Å². The standard InChI is InChI=1S/C16H18N4O6/c1-16(6-9-3-4-10-11(5-9)26-8-25-10)13(22)20(15(24)19-16)7-12(21)18-14(23)17-2/h3-5H,6-8H2,1-2H3,(H,19,24)(H2,17,18,21,23)/t16-/m0/s1. The number of nitrogens with zero attached hydrogens (tertiary/aromatic N) is 1. The third-order valence-electron chi connectivity index (χ3n) is 4.12. The number of carbonyl (C=O) groups is 4. The number of benzene rings is 1. The van der Waals surface area contributed by atoms with E-state index in [0.29, 0.717) is 11.5 Å². The van der Waals surface area contributed by atoms with Gasteiger partial charge in [0.2, 0.25) is 12.7 Å². The monoisotopic (exact) mass is 362 g/mol. The third-order valence-corrected chi connectivity index (χ3v) is 4.12. The molecule has 2 heterocycles. The third kappa shape index (κ3) is 3.25. The lowest BCUT2D eigenvalue weighted by Crippen LogP contribution is -2.48. The van der Waals surface area contributed by atoms with Crippen LogP contribution in [0.25, 0.3) is 0 Å². The van der Waals surface area contributed by atoms with Crippen LogP contribution in [0.4, 0.5) is 9.59 Å². The second-order valence-corrected chi connectivity index (χ2v) is 6.15. The Morgan fingerprint density at radius 1 is 1.27 bits per heavy atom. The summed E-state index contributed by atoms with van der Waals surface area (Å²) >= 11 is 0. The molecule has 10 nitrogen and oxygen atoms in total. The summed E-state index contributed by atoms with van der Waals surface area (Å²) in [6.45, 7) is 1.17. The fourth-order valence-electron chi connectivity index (χ4n) is 2.84. The normalized spacial score (nSPS) is 20.8. The number of carbonyl (C=O) groups excluding carboxylic acids is 4. The highest BCUT2D eigenvalue weighted by atomic mass is 16.7. The van der Waals surface area contributed by atoms with E-state index in [1.165, 1.54) is 7.05 Å². The van der Waals surface area contributed by atoms with Gasteiger partial charge in [0.25, 0.3) is 5.91 Å². The van der Waals surface area contributed by atoms with Crippen LogP contribution in [0.2, 0.25) is 0 Å². The van der Waals surface area contributed by atoms with E-state index in [1.807, 2.05) is 5.32 Å². The topological polar surface area (TPSA) is 126 Å². The van der Waals surface area contributed by atoms with Crippen molar-refractivity contribution in [1.82, 2.24) is 20.9 Å². The summed E-state index contributed by atoms with van der Waals surface area (Å²) in [5, 5.41) is 6.83. The van der Waals surface area contributed by atoms with Crippen molar-refractivity contribution in [3.05, 3.63) is 23.8 Å².